The van der Waals surface area contributed by atoms with Crippen LogP contribution in [0.1, 0.15) is 24.4 Å². The molecule has 1 aliphatic rings. The zero-order chi connectivity index (χ0) is 23.4. The second kappa shape index (κ2) is 10.1. The normalized spacial score (nSPS) is 14.4. The third-order valence-corrected chi connectivity index (χ3v) is 5.84. The molecule has 0 unspecified atom stereocenters. The van der Waals surface area contributed by atoms with Gasteiger partial charge in [0.05, 0.1) is 38.3 Å². The fraction of sp³-hybridized carbons (Fsp3) is 0.417. The van der Waals surface area contributed by atoms with Crippen LogP contribution in [-0.2, 0) is 11.3 Å². The van der Waals surface area contributed by atoms with Crippen molar-refractivity contribution in [3.05, 3.63) is 62.8 Å². The van der Waals surface area contributed by atoms with Crippen molar-refractivity contribution >= 4 is 10.9 Å². The van der Waals surface area contributed by atoms with Gasteiger partial charge in [-0.05, 0) is 48.7 Å². The largest absolute Gasteiger partial charge is 0.493 e. The summed E-state index contributed by atoms with van der Waals surface area (Å²) >= 11 is 0. The van der Waals surface area contributed by atoms with Crippen LogP contribution >= 0.6 is 0 Å². The number of benzene rings is 2. The van der Waals surface area contributed by atoms with Crippen molar-refractivity contribution in [2.24, 2.45) is 0 Å². The number of aliphatic hydroxyl groups excluding tert-OH is 1. The van der Waals surface area contributed by atoms with Crippen molar-refractivity contribution in [2.45, 2.75) is 25.4 Å². The summed E-state index contributed by atoms with van der Waals surface area (Å²) in [6.45, 7) is 1.18. The Hall–Kier alpha value is -3.30. The van der Waals surface area contributed by atoms with Crippen molar-refractivity contribution in [3.63, 3.8) is 0 Å². The van der Waals surface area contributed by atoms with Crippen molar-refractivity contribution < 1.29 is 24.1 Å². The SMILES string of the molecule is COc1ccc(Cn2c(=O)c3cc(OCCO)ccc3n(C3CCOCC3)c2=O)cc1OC. The van der Waals surface area contributed by atoms with Crippen molar-refractivity contribution in [1.82, 2.24) is 9.13 Å². The average molecular weight is 456 g/mol. The standard InChI is InChI=1S/C24H28N2O7/c1-30-21-6-3-16(13-22(21)31-2)15-25-23(28)19-14-18(33-12-9-27)4-5-20(19)26(24(25)29)17-7-10-32-11-8-17/h3-6,13-14,17,27H,7-12,15H2,1-2H3. The number of ether oxygens (including phenoxy) is 4. The molecule has 2 aromatic carbocycles. The van der Waals surface area contributed by atoms with E-state index in [4.69, 9.17) is 24.1 Å². The van der Waals surface area contributed by atoms with Crippen LogP contribution in [0.15, 0.2) is 46.0 Å². The van der Waals surface area contributed by atoms with E-state index in [1.165, 1.54) is 11.7 Å². The molecule has 0 bridgehead atoms. The van der Waals surface area contributed by atoms with Crippen LogP contribution in [0.3, 0.4) is 0 Å². The van der Waals surface area contributed by atoms with E-state index >= 15 is 0 Å². The summed E-state index contributed by atoms with van der Waals surface area (Å²) in [6, 6.07) is 10.3. The van der Waals surface area contributed by atoms with Gasteiger partial charge in [0, 0.05) is 19.3 Å². The summed E-state index contributed by atoms with van der Waals surface area (Å²) in [5, 5.41) is 9.45. The predicted molar refractivity (Wildman–Crippen MR) is 123 cm³/mol. The number of hydrogen-bond acceptors (Lipinski definition) is 7. The van der Waals surface area contributed by atoms with E-state index < -0.39 is 5.56 Å². The van der Waals surface area contributed by atoms with Crippen LogP contribution in [-0.4, -0.2) is 54.9 Å². The van der Waals surface area contributed by atoms with Crippen LogP contribution in [0.4, 0.5) is 0 Å². The summed E-state index contributed by atoms with van der Waals surface area (Å²) in [6.07, 6.45) is 1.37. The van der Waals surface area contributed by atoms with Gasteiger partial charge in [-0.2, -0.15) is 0 Å². The second-order valence-electron chi connectivity index (χ2n) is 7.83. The van der Waals surface area contributed by atoms with Gasteiger partial charge in [0.2, 0.25) is 0 Å². The monoisotopic (exact) mass is 456 g/mol. The molecule has 1 aromatic heterocycles. The summed E-state index contributed by atoms with van der Waals surface area (Å²) in [4.78, 5) is 27.1. The molecule has 1 aliphatic heterocycles. The van der Waals surface area contributed by atoms with Gasteiger partial charge >= 0.3 is 5.69 Å². The molecule has 33 heavy (non-hydrogen) atoms. The Morgan fingerprint density at radius 1 is 1.03 bits per heavy atom. The fourth-order valence-corrected chi connectivity index (χ4v) is 4.21. The fourth-order valence-electron chi connectivity index (χ4n) is 4.21. The van der Waals surface area contributed by atoms with Gasteiger partial charge < -0.3 is 24.1 Å². The Labute approximate surface area is 190 Å². The minimum absolute atomic E-state index is 0.0739. The molecular formula is C24H28N2O7. The van der Waals surface area contributed by atoms with Gasteiger partial charge in [-0.15, -0.1) is 0 Å². The minimum atomic E-state index is -0.400. The molecule has 1 N–H and O–H groups in total. The highest BCUT2D eigenvalue weighted by Gasteiger charge is 2.23. The van der Waals surface area contributed by atoms with E-state index in [2.05, 4.69) is 0 Å². The molecule has 1 saturated heterocycles. The Balaban J connectivity index is 1.87. The molecule has 0 atom stereocenters. The lowest BCUT2D eigenvalue weighted by Gasteiger charge is -2.26. The van der Waals surface area contributed by atoms with E-state index in [9.17, 15) is 9.59 Å². The summed E-state index contributed by atoms with van der Waals surface area (Å²) in [5.74, 6) is 1.55. The molecule has 9 nitrogen and oxygen atoms in total. The number of methoxy groups -OCH3 is 2. The molecular weight excluding hydrogens is 428 g/mol. The van der Waals surface area contributed by atoms with Gasteiger partial charge in [0.25, 0.3) is 5.56 Å². The Morgan fingerprint density at radius 3 is 2.48 bits per heavy atom. The van der Waals surface area contributed by atoms with Gasteiger partial charge in [0.1, 0.15) is 12.4 Å². The summed E-state index contributed by atoms with van der Waals surface area (Å²) < 4.78 is 24.6. The van der Waals surface area contributed by atoms with Gasteiger partial charge in [-0.3, -0.25) is 13.9 Å². The van der Waals surface area contributed by atoms with Crippen LogP contribution in [0.25, 0.3) is 10.9 Å². The number of hydrogen-bond donors (Lipinski definition) is 1. The molecule has 1 fully saturated rings. The maximum atomic E-state index is 13.6. The molecule has 3 aromatic rings. The van der Waals surface area contributed by atoms with E-state index in [1.807, 2.05) is 0 Å². The molecule has 4 rings (SSSR count). The molecule has 9 heteroatoms. The van der Waals surface area contributed by atoms with Crippen LogP contribution < -0.4 is 25.5 Å². The van der Waals surface area contributed by atoms with Gasteiger partial charge in [-0.1, -0.05) is 6.07 Å². The first-order chi connectivity index (χ1) is 16.1. The lowest BCUT2D eigenvalue weighted by molar-refractivity contribution is 0.0691. The zero-order valence-electron chi connectivity index (χ0n) is 18.8. The van der Waals surface area contributed by atoms with Crippen LogP contribution in [0.5, 0.6) is 17.2 Å². The van der Waals surface area contributed by atoms with Gasteiger partial charge in [-0.25, -0.2) is 4.79 Å². The molecule has 0 saturated carbocycles. The molecule has 0 radical (unpaired) electrons. The second-order valence-corrected chi connectivity index (χ2v) is 7.83. The van der Waals surface area contributed by atoms with Crippen molar-refractivity contribution in [3.8, 4) is 17.2 Å². The molecule has 176 valence electrons. The van der Waals surface area contributed by atoms with Gasteiger partial charge in [0.15, 0.2) is 11.5 Å². The molecule has 0 spiro atoms. The lowest BCUT2D eigenvalue weighted by Crippen LogP contribution is -2.42. The minimum Gasteiger partial charge on any atom is -0.493 e. The first kappa shape index (κ1) is 22.9. The Bertz CT molecular complexity index is 1240. The number of nitrogens with zero attached hydrogens (tertiary/aromatic N) is 2. The number of aromatic nitrogens is 2. The molecule has 0 amide bonds. The maximum Gasteiger partial charge on any atom is 0.332 e. The van der Waals surface area contributed by atoms with Crippen LogP contribution in [0, 0.1) is 0 Å². The van der Waals surface area contributed by atoms with E-state index in [0.717, 1.165) is 5.56 Å². The highest BCUT2D eigenvalue weighted by molar-refractivity contribution is 5.80. The lowest BCUT2D eigenvalue weighted by atomic mass is 10.1. The smallest absolute Gasteiger partial charge is 0.332 e. The van der Waals surface area contributed by atoms with E-state index in [1.54, 1.807) is 48.1 Å². The zero-order valence-corrected chi connectivity index (χ0v) is 18.8. The Kier molecular flexibility index (Phi) is 7.00. The average Bonchev–Trinajstić information content (AvgIpc) is 2.86. The highest BCUT2D eigenvalue weighted by Crippen LogP contribution is 2.28. The number of rotatable bonds is 8. The third-order valence-electron chi connectivity index (χ3n) is 5.84. The maximum absolute atomic E-state index is 13.6. The quantitative estimate of drug-likeness (QED) is 0.553. The highest BCUT2D eigenvalue weighted by atomic mass is 16.5. The van der Waals surface area contributed by atoms with E-state index in [0.29, 0.717) is 54.2 Å². The number of aliphatic hydroxyl groups is 1. The number of fused-ring (bicyclic) bond motifs is 1. The van der Waals surface area contributed by atoms with Crippen LogP contribution in [0.2, 0.25) is 0 Å². The Morgan fingerprint density at radius 2 is 1.79 bits per heavy atom. The van der Waals surface area contributed by atoms with Crippen molar-refractivity contribution in [2.75, 3.05) is 40.6 Å². The first-order valence-electron chi connectivity index (χ1n) is 10.9. The topological polar surface area (TPSA) is 101 Å². The predicted octanol–water partition coefficient (Wildman–Crippen LogP) is 1.95. The first-order valence-corrected chi connectivity index (χ1v) is 10.9. The molecule has 2 heterocycles. The summed E-state index contributed by atoms with van der Waals surface area (Å²) in [5.41, 5.74) is 0.537. The molecule has 0 aliphatic carbocycles. The summed E-state index contributed by atoms with van der Waals surface area (Å²) in [7, 11) is 3.09. The van der Waals surface area contributed by atoms with Crippen molar-refractivity contribution in [1.29, 1.82) is 0 Å². The van der Waals surface area contributed by atoms with E-state index in [-0.39, 0.29) is 31.5 Å². The third kappa shape index (κ3) is 4.60.